The van der Waals surface area contributed by atoms with Crippen LogP contribution in [0.2, 0.25) is 5.15 Å². The van der Waals surface area contributed by atoms with E-state index < -0.39 is 0 Å². The quantitative estimate of drug-likeness (QED) is 0.736. The van der Waals surface area contributed by atoms with Gasteiger partial charge in [0.2, 0.25) is 0 Å². The summed E-state index contributed by atoms with van der Waals surface area (Å²) in [5.74, 6) is 0.726. The van der Waals surface area contributed by atoms with Gasteiger partial charge in [0.15, 0.2) is 5.82 Å². The minimum Gasteiger partial charge on any atom is -0.245 e. The van der Waals surface area contributed by atoms with Crippen LogP contribution < -0.4 is 0 Å². The van der Waals surface area contributed by atoms with E-state index in [0.29, 0.717) is 5.15 Å². The molecule has 1 aliphatic carbocycles. The van der Waals surface area contributed by atoms with Crippen molar-refractivity contribution in [1.82, 2.24) is 19.7 Å². The molecule has 0 N–H and O–H groups in total. The molecule has 76 valence electrons. The van der Waals surface area contributed by atoms with Crippen LogP contribution >= 0.6 is 11.6 Å². The average molecular weight is 221 g/mol. The summed E-state index contributed by atoms with van der Waals surface area (Å²) in [5, 5.41) is 5.15. The fourth-order valence-electron chi connectivity index (χ4n) is 1.91. The first kappa shape index (κ1) is 8.85. The van der Waals surface area contributed by atoms with E-state index in [1.165, 1.54) is 11.9 Å². The van der Waals surface area contributed by atoms with Crippen LogP contribution in [0.1, 0.15) is 17.7 Å². The Morgan fingerprint density at radius 1 is 1.33 bits per heavy atom. The average Bonchev–Trinajstić information content (AvgIpc) is 2.83. The van der Waals surface area contributed by atoms with Crippen molar-refractivity contribution < 1.29 is 0 Å². The number of aromatic nitrogens is 4. The van der Waals surface area contributed by atoms with E-state index in [1.807, 2.05) is 0 Å². The maximum absolute atomic E-state index is 6.24. The Labute approximate surface area is 91.9 Å². The Morgan fingerprint density at radius 2 is 2.27 bits per heavy atom. The molecule has 15 heavy (non-hydrogen) atoms. The number of hydrogen-bond acceptors (Lipinski definition) is 3. The maximum atomic E-state index is 6.24. The third kappa shape index (κ3) is 1.33. The van der Waals surface area contributed by atoms with Crippen LogP contribution in [0.5, 0.6) is 0 Å². The van der Waals surface area contributed by atoms with Gasteiger partial charge in [0.1, 0.15) is 11.5 Å². The summed E-state index contributed by atoms with van der Waals surface area (Å²) in [6.45, 7) is 0. The third-order valence-electron chi connectivity index (χ3n) is 2.63. The minimum atomic E-state index is 0.696. The van der Waals surface area contributed by atoms with Gasteiger partial charge in [0, 0.05) is 17.8 Å². The highest BCUT2D eigenvalue weighted by Gasteiger charge is 2.21. The van der Waals surface area contributed by atoms with Gasteiger partial charge in [0.25, 0.3) is 0 Å². The van der Waals surface area contributed by atoms with Gasteiger partial charge in [-0.1, -0.05) is 11.6 Å². The Morgan fingerprint density at radius 3 is 3.00 bits per heavy atom. The lowest BCUT2D eigenvalue weighted by molar-refractivity contribution is 0.782. The van der Waals surface area contributed by atoms with Crippen molar-refractivity contribution in [3.63, 3.8) is 0 Å². The van der Waals surface area contributed by atoms with E-state index in [9.17, 15) is 0 Å². The normalized spacial score (nSPS) is 14.2. The van der Waals surface area contributed by atoms with Crippen molar-refractivity contribution in [2.24, 2.45) is 0 Å². The first-order chi connectivity index (χ1) is 7.36. The fourth-order valence-corrected chi connectivity index (χ4v) is 2.24. The summed E-state index contributed by atoms with van der Waals surface area (Å²) < 4.78 is 1.69. The van der Waals surface area contributed by atoms with Crippen molar-refractivity contribution in [1.29, 1.82) is 0 Å². The first-order valence-corrected chi connectivity index (χ1v) is 5.27. The molecule has 0 radical (unpaired) electrons. The summed E-state index contributed by atoms with van der Waals surface area (Å²) in [5.41, 5.74) is 2.29. The number of halogens is 1. The Hall–Kier alpha value is -1.42. The molecule has 0 spiro atoms. The molecular weight excluding hydrogens is 212 g/mol. The largest absolute Gasteiger partial charge is 0.245 e. The van der Waals surface area contributed by atoms with Crippen molar-refractivity contribution in [3.8, 4) is 5.82 Å². The standard InChI is InChI=1S/C10H9ClN4/c11-10-7-2-1-3-8(7)14-15(10)9-4-5-12-6-13-9/h4-6H,1-3H2. The molecular formula is C10H9ClN4. The molecule has 0 fully saturated rings. The van der Waals surface area contributed by atoms with Gasteiger partial charge in [-0.15, -0.1) is 0 Å². The minimum absolute atomic E-state index is 0.696. The van der Waals surface area contributed by atoms with E-state index in [4.69, 9.17) is 11.6 Å². The molecule has 1 aliphatic rings. The van der Waals surface area contributed by atoms with Crippen LogP contribution in [-0.2, 0) is 12.8 Å². The van der Waals surface area contributed by atoms with Gasteiger partial charge in [-0.25, -0.2) is 14.6 Å². The number of aryl methyl sites for hydroxylation is 1. The van der Waals surface area contributed by atoms with Crippen LogP contribution in [-0.4, -0.2) is 19.7 Å². The van der Waals surface area contributed by atoms with Crippen molar-refractivity contribution in [2.45, 2.75) is 19.3 Å². The maximum Gasteiger partial charge on any atom is 0.158 e. The summed E-state index contributed by atoms with van der Waals surface area (Å²) in [6.07, 6.45) is 6.39. The predicted octanol–water partition coefficient (Wildman–Crippen LogP) is 1.80. The molecule has 0 saturated carbocycles. The van der Waals surface area contributed by atoms with Crippen LogP contribution in [0.3, 0.4) is 0 Å². The number of fused-ring (bicyclic) bond motifs is 1. The van der Waals surface area contributed by atoms with E-state index in [0.717, 1.165) is 30.8 Å². The smallest absolute Gasteiger partial charge is 0.158 e. The lowest BCUT2D eigenvalue weighted by atomic mass is 10.3. The lowest BCUT2D eigenvalue weighted by Gasteiger charge is -2.01. The highest BCUT2D eigenvalue weighted by molar-refractivity contribution is 6.30. The molecule has 0 atom stereocenters. The molecule has 0 aliphatic heterocycles. The second-order valence-electron chi connectivity index (χ2n) is 3.55. The zero-order valence-electron chi connectivity index (χ0n) is 8.02. The van der Waals surface area contributed by atoms with Gasteiger partial charge in [0.05, 0.1) is 5.69 Å². The van der Waals surface area contributed by atoms with Crippen LogP contribution in [0, 0.1) is 0 Å². The summed E-state index contributed by atoms with van der Waals surface area (Å²) in [4.78, 5) is 8.00. The molecule has 5 heteroatoms. The van der Waals surface area contributed by atoms with Gasteiger partial charge in [-0.3, -0.25) is 0 Å². The molecule has 0 unspecified atom stereocenters. The summed E-state index contributed by atoms with van der Waals surface area (Å²) in [6, 6.07) is 1.80. The fraction of sp³-hybridized carbons (Fsp3) is 0.300. The summed E-state index contributed by atoms with van der Waals surface area (Å²) >= 11 is 6.24. The predicted molar refractivity (Wildman–Crippen MR) is 56.2 cm³/mol. The monoisotopic (exact) mass is 220 g/mol. The Kier molecular flexibility index (Phi) is 1.95. The zero-order valence-corrected chi connectivity index (χ0v) is 8.78. The van der Waals surface area contributed by atoms with Crippen molar-refractivity contribution >= 4 is 11.6 Å². The number of rotatable bonds is 1. The van der Waals surface area contributed by atoms with E-state index >= 15 is 0 Å². The first-order valence-electron chi connectivity index (χ1n) is 4.89. The topological polar surface area (TPSA) is 43.6 Å². The van der Waals surface area contributed by atoms with Gasteiger partial charge < -0.3 is 0 Å². The molecule has 2 aromatic heterocycles. The van der Waals surface area contributed by atoms with Crippen LogP contribution in [0.25, 0.3) is 5.82 Å². The molecule has 4 nitrogen and oxygen atoms in total. The van der Waals surface area contributed by atoms with Gasteiger partial charge in [-0.05, 0) is 19.3 Å². The SMILES string of the molecule is Clc1c2c(nn1-c1ccncn1)CCC2. The summed E-state index contributed by atoms with van der Waals surface area (Å²) in [7, 11) is 0. The van der Waals surface area contributed by atoms with Crippen molar-refractivity contribution in [3.05, 3.63) is 35.0 Å². The number of nitrogens with zero attached hydrogens (tertiary/aromatic N) is 4. The molecule has 0 aromatic carbocycles. The Bertz CT molecular complexity index is 492. The van der Waals surface area contributed by atoms with Crippen molar-refractivity contribution in [2.75, 3.05) is 0 Å². The van der Waals surface area contributed by atoms with Crippen LogP contribution in [0.15, 0.2) is 18.6 Å². The Balaban J connectivity index is 2.14. The highest BCUT2D eigenvalue weighted by atomic mass is 35.5. The third-order valence-corrected chi connectivity index (χ3v) is 3.02. The van der Waals surface area contributed by atoms with Gasteiger partial charge in [-0.2, -0.15) is 5.10 Å². The molecule has 2 heterocycles. The van der Waals surface area contributed by atoms with E-state index in [2.05, 4.69) is 15.1 Å². The van der Waals surface area contributed by atoms with E-state index in [1.54, 1.807) is 16.9 Å². The van der Waals surface area contributed by atoms with Crippen LogP contribution in [0.4, 0.5) is 0 Å². The second kappa shape index (κ2) is 3.31. The van der Waals surface area contributed by atoms with E-state index in [-0.39, 0.29) is 0 Å². The molecule has 0 saturated heterocycles. The molecule has 0 amide bonds. The lowest BCUT2D eigenvalue weighted by Crippen LogP contribution is -2.01. The number of hydrogen-bond donors (Lipinski definition) is 0. The highest BCUT2D eigenvalue weighted by Crippen LogP contribution is 2.29. The molecule has 3 rings (SSSR count). The van der Waals surface area contributed by atoms with Gasteiger partial charge >= 0.3 is 0 Å². The second-order valence-corrected chi connectivity index (χ2v) is 3.91. The molecule has 2 aromatic rings. The molecule has 0 bridgehead atoms. The zero-order chi connectivity index (χ0) is 10.3.